The Balaban J connectivity index is 2.04. The first-order chi connectivity index (χ1) is 15.6. The molecule has 1 fully saturated rings. The Bertz CT molecular complexity index is 798. The summed E-state index contributed by atoms with van der Waals surface area (Å²) in [6.45, 7) is 5.54. The van der Waals surface area contributed by atoms with Gasteiger partial charge in [0, 0.05) is 14.2 Å². The Morgan fingerprint density at radius 3 is 2.30 bits per heavy atom. The van der Waals surface area contributed by atoms with Crippen LogP contribution in [0.3, 0.4) is 0 Å². The number of aliphatic hydroxyl groups is 1. The van der Waals surface area contributed by atoms with E-state index in [1.165, 1.54) is 14.2 Å². The summed E-state index contributed by atoms with van der Waals surface area (Å²) in [7, 11) is 0.374. The molecular formula is C24H36O8Si. The average molecular weight is 481 g/mol. The monoisotopic (exact) mass is 480 g/mol. The van der Waals surface area contributed by atoms with Gasteiger partial charge in [0.15, 0.2) is 0 Å². The van der Waals surface area contributed by atoms with E-state index in [4.69, 9.17) is 18.3 Å². The summed E-state index contributed by atoms with van der Waals surface area (Å²) in [5, 5.41) is 9.54. The summed E-state index contributed by atoms with van der Waals surface area (Å²) in [6, 6.07) is 10.2. The second-order valence-electron chi connectivity index (χ2n) is 9.28. The minimum Gasteiger partial charge on any atom is -0.465 e. The fraction of sp³-hybridized carbons (Fsp3) is 0.625. The van der Waals surface area contributed by atoms with Crippen molar-refractivity contribution in [2.24, 2.45) is 17.3 Å². The number of cyclic esters (lactones) is 2. The number of carbonyl (C=O) groups is 3. The fourth-order valence-electron chi connectivity index (χ4n) is 4.20. The van der Waals surface area contributed by atoms with E-state index in [1.807, 2.05) is 44.2 Å². The molecule has 3 atom stereocenters. The fourth-order valence-corrected chi connectivity index (χ4v) is 5.88. The molecule has 1 aliphatic rings. The van der Waals surface area contributed by atoms with Gasteiger partial charge in [-0.15, -0.1) is 0 Å². The lowest BCUT2D eigenvalue weighted by Crippen LogP contribution is -2.44. The second kappa shape index (κ2) is 11.9. The zero-order valence-electron chi connectivity index (χ0n) is 20.2. The predicted molar refractivity (Wildman–Crippen MR) is 123 cm³/mol. The molecule has 0 amide bonds. The first-order valence-corrected chi connectivity index (χ1v) is 13.5. The van der Waals surface area contributed by atoms with Gasteiger partial charge < -0.3 is 23.4 Å². The van der Waals surface area contributed by atoms with E-state index >= 15 is 0 Å². The Hall–Kier alpha value is -2.07. The highest BCUT2D eigenvalue weighted by Gasteiger charge is 2.44. The summed E-state index contributed by atoms with van der Waals surface area (Å²) >= 11 is 0. The third kappa shape index (κ3) is 6.96. The molecule has 0 spiro atoms. The summed E-state index contributed by atoms with van der Waals surface area (Å²) in [4.78, 5) is 37.0. The van der Waals surface area contributed by atoms with Crippen molar-refractivity contribution in [2.45, 2.75) is 52.0 Å². The van der Waals surface area contributed by atoms with Crippen LogP contribution in [0.15, 0.2) is 30.3 Å². The number of ether oxygens (including phenoxy) is 2. The van der Waals surface area contributed by atoms with Crippen LogP contribution in [0.2, 0.25) is 6.04 Å². The van der Waals surface area contributed by atoms with Crippen molar-refractivity contribution < 1.29 is 37.8 Å². The maximum atomic E-state index is 12.9. The lowest BCUT2D eigenvalue weighted by molar-refractivity contribution is -0.155. The van der Waals surface area contributed by atoms with Crippen LogP contribution in [0.25, 0.3) is 0 Å². The molecule has 0 saturated carbocycles. The van der Waals surface area contributed by atoms with Crippen LogP contribution in [0.4, 0.5) is 0 Å². The minimum absolute atomic E-state index is 0.129. The number of aliphatic hydroxyl groups excluding tert-OH is 1. The molecule has 0 bridgehead atoms. The van der Waals surface area contributed by atoms with Crippen molar-refractivity contribution >= 4 is 26.5 Å². The van der Waals surface area contributed by atoms with E-state index < -0.39 is 37.8 Å². The minimum atomic E-state index is -2.65. The van der Waals surface area contributed by atoms with E-state index in [9.17, 15) is 19.5 Å². The van der Waals surface area contributed by atoms with E-state index in [-0.39, 0.29) is 24.7 Å². The molecule has 1 N–H and O–H groups in total. The molecule has 0 radical (unpaired) electrons. The number of hydrogen-bond donors (Lipinski definition) is 1. The Morgan fingerprint density at radius 1 is 1.15 bits per heavy atom. The van der Waals surface area contributed by atoms with Gasteiger partial charge in [-0.05, 0) is 50.6 Å². The number of benzene rings is 1. The Labute approximate surface area is 196 Å². The molecular weight excluding hydrogens is 444 g/mol. The highest BCUT2D eigenvalue weighted by atomic mass is 28.4. The Morgan fingerprint density at radius 2 is 1.79 bits per heavy atom. The van der Waals surface area contributed by atoms with E-state index in [0.29, 0.717) is 25.3 Å². The van der Waals surface area contributed by atoms with Crippen molar-refractivity contribution in [1.82, 2.24) is 0 Å². The molecule has 0 aromatic heterocycles. The van der Waals surface area contributed by atoms with Gasteiger partial charge in [-0.3, -0.25) is 14.4 Å². The average Bonchev–Trinajstić information content (AvgIpc) is 3.05. The van der Waals surface area contributed by atoms with Crippen molar-refractivity contribution in [3.05, 3.63) is 35.9 Å². The predicted octanol–water partition coefficient (Wildman–Crippen LogP) is 3.11. The van der Waals surface area contributed by atoms with Crippen LogP contribution in [0.5, 0.6) is 0 Å². The molecule has 8 nitrogen and oxygen atoms in total. The molecule has 3 unspecified atom stereocenters. The maximum absolute atomic E-state index is 12.9. The topological polar surface area (TPSA) is 108 Å². The van der Waals surface area contributed by atoms with Gasteiger partial charge in [-0.1, -0.05) is 37.3 Å². The smallest absolute Gasteiger partial charge is 0.364 e. The summed E-state index contributed by atoms with van der Waals surface area (Å²) in [5.41, 5.74) is 0.182. The van der Waals surface area contributed by atoms with E-state index in [2.05, 4.69) is 0 Å². The molecule has 9 heteroatoms. The zero-order chi connectivity index (χ0) is 24.6. The second-order valence-corrected chi connectivity index (χ2v) is 12.7. The van der Waals surface area contributed by atoms with Crippen LogP contribution < -0.4 is 0 Å². The first kappa shape index (κ1) is 27.2. The quantitative estimate of drug-likeness (QED) is 0.199. The molecule has 1 heterocycles. The van der Waals surface area contributed by atoms with Gasteiger partial charge >= 0.3 is 26.5 Å². The lowest BCUT2D eigenvalue weighted by Gasteiger charge is -2.30. The summed E-state index contributed by atoms with van der Waals surface area (Å²) in [6.07, 6.45) is 1.22. The molecule has 1 saturated heterocycles. The molecule has 1 aromatic rings. The molecule has 1 aromatic carbocycles. The van der Waals surface area contributed by atoms with E-state index in [1.54, 1.807) is 6.92 Å². The highest BCUT2D eigenvalue weighted by molar-refractivity contribution is 6.67. The zero-order valence-corrected chi connectivity index (χ0v) is 21.2. The van der Waals surface area contributed by atoms with E-state index in [0.717, 1.165) is 5.56 Å². The molecule has 33 heavy (non-hydrogen) atoms. The van der Waals surface area contributed by atoms with Crippen LogP contribution in [-0.4, -0.2) is 58.6 Å². The van der Waals surface area contributed by atoms with Gasteiger partial charge in [0.25, 0.3) is 0 Å². The van der Waals surface area contributed by atoms with Crippen LogP contribution in [0.1, 0.15) is 51.5 Å². The molecule has 2 rings (SSSR count). The SMILES string of the molecule is CO[Si](CO)(CCCOC(=O)C(C)(C)CC(CC1C(=O)OC(=O)C1C)c1ccccc1)OC. The largest absolute Gasteiger partial charge is 0.465 e. The van der Waals surface area contributed by atoms with Gasteiger partial charge in [-0.2, -0.15) is 0 Å². The van der Waals surface area contributed by atoms with Gasteiger partial charge in [0.2, 0.25) is 0 Å². The highest BCUT2D eigenvalue weighted by Crippen LogP contribution is 2.40. The maximum Gasteiger partial charge on any atom is 0.364 e. The molecule has 1 aliphatic heterocycles. The van der Waals surface area contributed by atoms with Crippen molar-refractivity contribution in [3.8, 4) is 0 Å². The van der Waals surface area contributed by atoms with Crippen molar-refractivity contribution in [3.63, 3.8) is 0 Å². The number of esters is 3. The van der Waals surface area contributed by atoms with Crippen LogP contribution >= 0.6 is 0 Å². The third-order valence-corrected chi connectivity index (χ3v) is 9.60. The molecule has 0 aliphatic carbocycles. The van der Waals surface area contributed by atoms with Crippen molar-refractivity contribution in [1.29, 1.82) is 0 Å². The number of hydrogen-bond acceptors (Lipinski definition) is 8. The van der Waals surface area contributed by atoms with Gasteiger partial charge in [0.05, 0.1) is 30.1 Å². The van der Waals surface area contributed by atoms with Crippen LogP contribution in [0, 0.1) is 17.3 Å². The standard InChI is InChI=1S/C24H36O8Si/c1-17-20(22(27)32-21(17)26)14-19(18-10-7-6-8-11-18)15-24(2,3)23(28)31-12-9-13-33(16-25,29-4)30-5/h6-8,10-11,17,19-20,25H,9,12-16H2,1-5H3. The number of carbonyl (C=O) groups excluding carboxylic acids is 3. The normalized spacial score (nSPS) is 19.9. The summed E-state index contributed by atoms with van der Waals surface area (Å²) in [5.74, 6) is -2.50. The lowest BCUT2D eigenvalue weighted by atomic mass is 9.75. The third-order valence-electron chi connectivity index (χ3n) is 6.52. The van der Waals surface area contributed by atoms with Crippen LogP contribution in [-0.2, 0) is 32.7 Å². The summed E-state index contributed by atoms with van der Waals surface area (Å²) < 4.78 is 21.1. The number of rotatable bonds is 13. The van der Waals surface area contributed by atoms with Gasteiger partial charge in [-0.25, -0.2) is 0 Å². The first-order valence-electron chi connectivity index (χ1n) is 11.3. The van der Waals surface area contributed by atoms with Gasteiger partial charge in [0.1, 0.15) is 0 Å². The van der Waals surface area contributed by atoms with Crippen molar-refractivity contribution in [2.75, 3.05) is 27.1 Å². The molecule has 184 valence electrons. The Kier molecular flexibility index (Phi) is 9.78.